The van der Waals surface area contributed by atoms with Gasteiger partial charge in [-0.15, -0.1) is 0 Å². The fourth-order valence-electron chi connectivity index (χ4n) is 2.99. The van der Waals surface area contributed by atoms with Gasteiger partial charge < -0.3 is 19.7 Å². The average Bonchev–Trinajstić information content (AvgIpc) is 3.19. The smallest absolute Gasteiger partial charge is 0.187 e. The maximum absolute atomic E-state index is 5.56. The molecule has 2 aliphatic heterocycles. The van der Waals surface area contributed by atoms with Gasteiger partial charge in [-0.2, -0.15) is 5.10 Å². The molecule has 0 aromatic heterocycles. The van der Waals surface area contributed by atoms with Crippen molar-refractivity contribution in [2.24, 2.45) is 5.10 Å². The summed E-state index contributed by atoms with van der Waals surface area (Å²) in [5.41, 5.74) is 6.11. The molecule has 0 saturated carbocycles. The van der Waals surface area contributed by atoms with Gasteiger partial charge in [0.05, 0.1) is 25.0 Å². The van der Waals surface area contributed by atoms with E-state index in [-0.39, 0.29) is 6.10 Å². The van der Waals surface area contributed by atoms with Crippen LogP contribution in [0.15, 0.2) is 29.4 Å². The number of benzene rings is 1. The van der Waals surface area contributed by atoms with E-state index < -0.39 is 0 Å². The molecule has 0 amide bonds. The topological polar surface area (TPSA) is 58.1 Å². The Morgan fingerprint density at radius 3 is 2.68 bits per heavy atom. The second kappa shape index (κ2) is 9.12. The first-order chi connectivity index (χ1) is 12.2. The molecule has 2 fully saturated rings. The maximum atomic E-state index is 5.56. The van der Waals surface area contributed by atoms with Crippen LogP contribution in [0.25, 0.3) is 0 Å². The van der Waals surface area contributed by atoms with Gasteiger partial charge in [-0.3, -0.25) is 5.43 Å². The highest BCUT2D eigenvalue weighted by atomic mass is 32.1. The number of thiocarbonyl (C=S) groups is 1. The third-order valence-corrected chi connectivity index (χ3v) is 4.74. The van der Waals surface area contributed by atoms with Crippen molar-refractivity contribution in [1.82, 2.24) is 10.7 Å². The van der Waals surface area contributed by atoms with Crippen molar-refractivity contribution in [3.8, 4) is 0 Å². The van der Waals surface area contributed by atoms with Crippen molar-refractivity contribution >= 4 is 28.7 Å². The maximum Gasteiger partial charge on any atom is 0.187 e. The number of ether oxygens (including phenoxy) is 2. The van der Waals surface area contributed by atoms with Crippen LogP contribution >= 0.6 is 12.2 Å². The van der Waals surface area contributed by atoms with Crippen LogP contribution in [-0.2, 0) is 9.47 Å². The number of nitrogens with zero attached hydrogens (tertiary/aromatic N) is 2. The third-order valence-electron chi connectivity index (χ3n) is 4.50. The number of morpholine rings is 1. The zero-order valence-electron chi connectivity index (χ0n) is 14.7. The highest BCUT2D eigenvalue weighted by Crippen LogP contribution is 2.17. The highest BCUT2D eigenvalue weighted by Gasteiger charge is 2.15. The molecule has 0 radical (unpaired) electrons. The molecule has 0 spiro atoms. The summed E-state index contributed by atoms with van der Waals surface area (Å²) in [5.74, 6) is 0. The molecule has 0 aliphatic carbocycles. The Morgan fingerprint density at radius 1 is 1.24 bits per heavy atom. The largest absolute Gasteiger partial charge is 0.378 e. The first-order valence-electron chi connectivity index (χ1n) is 8.85. The SMILES string of the molecule is C/C(=N/NC(=S)NC[C@H]1CCCO1)c1ccc(N2CCOCC2)cc1. The van der Waals surface area contributed by atoms with Crippen molar-refractivity contribution in [3.63, 3.8) is 0 Å². The second-order valence-corrected chi connectivity index (χ2v) is 6.71. The third kappa shape index (κ3) is 5.39. The standard InChI is InChI=1S/C18H26N4O2S/c1-14(20-21-18(25)19-13-17-3-2-10-24-17)15-4-6-16(7-5-15)22-8-11-23-12-9-22/h4-7,17H,2-3,8-13H2,1H3,(H2,19,21,25)/b20-14-/t17-/m1/s1. The quantitative estimate of drug-likeness (QED) is 0.474. The summed E-state index contributed by atoms with van der Waals surface area (Å²) in [5, 5.41) is 8.05. The van der Waals surface area contributed by atoms with Crippen LogP contribution in [0.2, 0.25) is 0 Å². The minimum Gasteiger partial charge on any atom is -0.378 e. The summed E-state index contributed by atoms with van der Waals surface area (Å²) in [6.07, 6.45) is 2.48. The van der Waals surface area contributed by atoms with Crippen LogP contribution in [0.5, 0.6) is 0 Å². The van der Waals surface area contributed by atoms with Crippen LogP contribution in [0.3, 0.4) is 0 Å². The fraction of sp³-hybridized carbons (Fsp3) is 0.556. The first kappa shape index (κ1) is 18.1. The normalized spacial score (nSPS) is 21.2. The summed E-state index contributed by atoms with van der Waals surface area (Å²) < 4.78 is 11.0. The Bertz CT molecular complexity index is 594. The molecule has 2 N–H and O–H groups in total. The molecular formula is C18H26N4O2S. The van der Waals surface area contributed by atoms with Gasteiger partial charge in [0.1, 0.15) is 0 Å². The second-order valence-electron chi connectivity index (χ2n) is 6.30. The van der Waals surface area contributed by atoms with Gasteiger partial charge in [0, 0.05) is 31.9 Å². The Morgan fingerprint density at radius 2 is 2.00 bits per heavy atom. The minimum atomic E-state index is 0.262. The van der Waals surface area contributed by atoms with Gasteiger partial charge in [-0.1, -0.05) is 12.1 Å². The number of rotatable bonds is 5. The van der Waals surface area contributed by atoms with E-state index in [4.69, 9.17) is 21.7 Å². The van der Waals surface area contributed by atoms with Gasteiger partial charge in [0.25, 0.3) is 0 Å². The molecule has 2 saturated heterocycles. The molecule has 3 rings (SSSR count). The Labute approximate surface area is 154 Å². The molecule has 136 valence electrons. The first-order valence-corrected chi connectivity index (χ1v) is 9.26. The summed E-state index contributed by atoms with van der Waals surface area (Å²) in [4.78, 5) is 2.34. The molecule has 2 aliphatic rings. The minimum absolute atomic E-state index is 0.262. The molecule has 1 aromatic rings. The van der Waals surface area contributed by atoms with Crippen molar-refractivity contribution in [2.45, 2.75) is 25.9 Å². The molecule has 0 unspecified atom stereocenters. The van der Waals surface area contributed by atoms with E-state index in [1.807, 2.05) is 6.92 Å². The van der Waals surface area contributed by atoms with E-state index >= 15 is 0 Å². The van der Waals surface area contributed by atoms with E-state index in [2.05, 4.69) is 45.0 Å². The lowest BCUT2D eigenvalue weighted by Gasteiger charge is -2.28. The lowest BCUT2D eigenvalue weighted by Crippen LogP contribution is -2.37. The van der Waals surface area contributed by atoms with E-state index in [1.54, 1.807) is 0 Å². The van der Waals surface area contributed by atoms with Crippen LogP contribution in [0.1, 0.15) is 25.3 Å². The zero-order valence-corrected chi connectivity index (χ0v) is 15.5. The highest BCUT2D eigenvalue weighted by molar-refractivity contribution is 7.80. The van der Waals surface area contributed by atoms with E-state index in [0.29, 0.717) is 5.11 Å². The molecule has 0 bridgehead atoms. The summed E-state index contributed by atoms with van der Waals surface area (Å²) >= 11 is 5.26. The van der Waals surface area contributed by atoms with Crippen LogP contribution in [0.4, 0.5) is 5.69 Å². The van der Waals surface area contributed by atoms with Crippen molar-refractivity contribution < 1.29 is 9.47 Å². The number of nitrogens with one attached hydrogen (secondary N) is 2. The van der Waals surface area contributed by atoms with Gasteiger partial charge in [-0.25, -0.2) is 0 Å². The lowest BCUT2D eigenvalue weighted by molar-refractivity contribution is 0.114. The van der Waals surface area contributed by atoms with E-state index in [9.17, 15) is 0 Å². The van der Waals surface area contributed by atoms with Crippen molar-refractivity contribution in [1.29, 1.82) is 0 Å². The fourth-order valence-corrected chi connectivity index (χ4v) is 3.11. The Balaban J connectivity index is 1.48. The Kier molecular flexibility index (Phi) is 6.61. The van der Waals surface area contributed by atoms with Crippen LogP contribution in [-0.4, -0.2) is 56.4 Å². The van der Waals surface area contributed by atoms with Gasteiger partial charge in [0.2, 0.25) is 0 Å². The number of hydrogen-bond donors (Lipinski definition) is 2. The van der Waals surface area contributed by atoms with Crippen LogP contribution < -0.4 is 15.6 Å². The summed E-state index contributed by atoms with van der Waals surface area (Å²) in [7, 11) is 0. The molecule has 6 nitrogen and oxygen atoms in total. The number of hydrogen-bond acceptors (Lipinski definition) is 5. The molecule has 1 aromatic carbocycles. The molecule has 2 heterocycles. The van der Waals surface area contributed by atoms with Gasteiger partial charge in [0.15, 0.2) is 5.11 Å². The zero-order chi connectivity index (χ0) is 17.5. The van der Waals surface area contributed by atoms with Crippen molar-refractivity contribution in [3.05, 3.63) is 29.8 Å². The summed E-state index contributed by atoms with van der Waals surface area (Å²) in [6, 6.07) is 8.45. The molecule has 1 atom stereocenters. The predicted octanol–water partition coefficient (Wildman–Crippen LogP) is 1.89. The monoisotopic (exact) mass is 362 g/mol. The van der Waals surface area contributed by atoms with E-state index in [1.165, 1.54) is 5.69 Å². The number of anilines is 1. The number of hydrazone groups is 1. The van der Waals surface area contributed by atoms with Crippen LogP contribution in [0, 0.1) is 0 Å². The van der Waals surface area contributed by atoms with Gasteiger partial charge in [-0.05, 0) is 49.7 Å². The lowest BCUT2D eigenvalue weighted by atomic mass is 10.1. The molecule has 7 heteroatoms. The average molecular weight is 362 g/mol. The van der Waals surface area contributed by atoms with Gasteiger partial charge >= 0.3 is 0 Å². The van der Waals surface area contributed by atoms with Crippen molar-refractivity contribution in [2.75, 3.05) is 44.4 Å². The molecular weight excluding hydrogens is 336 g/mol. The summed E-state index contributed by atoms with van der Waals surface area (Å²) in [6.45, 7) is 7.03. The predicted molar refractivity (Wildman–Crippen MR) is 104 cm³/mol. The molecule has 25 heavy (non-hydrogen) atoms. The Hall–Kier alpha value is -1.70. The van der Waals surface area contributed by atoms with E-state index in [0.717, 1.165) is 63.6 Å².